The fourth-order valence-electron chi connectivity index (χ4n) is 2.63. The number of hydrogen-bond acceptors (Lipinski definition) is 6. The van der Waals surface area contributed by atoms with Crippen LogP contribution in [0.25, 0.3) is 0 Å². The Hall–Kier alpha value is -1.86. The van der Waals surface area contributed by atoms with Gasteiger partial charge in [0.05, 0.1) is 11.5 Å². The number of ketones is 1. The molecule has 0 aromatic heterocycles. The van der Waals surface area contributed by atoms with Crippen LogP contribution in [-0.4, -0.2) is 45.5 Å². The molecule has 1 fully saturated rings. The number of carbonyl (C=O) groups excluding carboxylic acids is 1. The molecule has 7 nitrogen and oxygen atoms in total. The summed E-state index contributed by atoms with van der Waals surface area (Å²) in [5.74, 6) is -1.25. The van der Waals surface area contributed by atoms with E-state index in [1.165, 1.54) is 0 Å². The van der Waals surface area contributed by atoms with Crippen LogP contribution in [0.4, 0.5) is 5.69 Å². The predicted molar refractivity (Wildman–Crippen MR) is 82.8 cm³/mol. The van der Waals surface area contributed by atoms with E-state index < -0.39 is 22.1 Å². The molecule has 2 N–H and O–H groups in total. The highest BCUT2D eigenvalue weighted by Gasteiger charge is 2.24. The molecular weight excluding hydrogens is 312 g/mol. The number of rotatable bonds is 4. The maximum atomic E-state index is 12.2. The maximum Gasteiger partial charge on any atom is 0.315 e. The van der Waals surface area contributed by atoms with Gasteiger partial charge in [0.2, 0.25) is 5.75 Å². The van der Waals surface area contributed by atoms with E-state index in [1.54, 1.807) is 0 Å². The Kier molecular flexibility index (Phi) is 6.13. The van der Waals surface area contributed by atoms with Crippen LogP contribution < -0.4 is 0 Å². The van der Waals surface area contributed by atoms with Gasteiger partial charge in [-0.1, -0.05) is 6.92 Å². The van der Waals surface area contributed by atoms with Crippen LogP contribution in [0.3, 0.4) is 0 Å². The van der Waals surface area contributed by atoms with Gasteiger partial charge in [-0.25, -0.2) is 0 Å². The van der Waals surface area contributed by atoms with Gasteiger partial charge in [-0.3, -0.25) is 19.8 Å². The van der Waals surface area contributed by atoms with Crippen LogP contribution in [-0.2, 0) is 0 Å². The van der Waals surface area contributed by atoms with Gasteiger partial charge in [-0.2, -0.15) is 0 Å². The van der Waals surface area contributed by atoms with Crippen LogP contribution in [0.1, 0.15) is 30.1 Å². The van der Waals surface area contributed by atoms with Gasteiger partial charge < -0.3 is 10.2 Å². The lowest BCUT2D eigenvalue weighted by atomic mass is 9.99. The third kappa shape index (κ3) is 4.08. The molecule has 1 aromatic carbocycles. The molecule has 2 rings (SSSR count). The average Bonchev–Trinajstić information content (AvgIpc) is 2.41. The van der Waals surface area contributed by atoms with E-state index in [0.29, 0.717) is 5.92 Å². The molecule has 122 valence electrons. The number of Topliss-reactive ketones (excluding diaryl/α,β-unsaturated/α-hetero) is 1. The number of hydrogen-bond donors (Lipinski definition) is 2. The first kappa shape index (κ1) is 18.2. The van der Waals surface area contributed by atoms with Gasteiger partial charge in [0.15, 0.2) is 11.5 Å². The zero-order valence-electron chi connectivity index (χ0n) is 12.2. The van der Waals surface area contributed by atoms with Crippen LogP contribution in [0.15, 0.2) is 12.1 Å². The Morgan fingerprint density at radius 1 is 1.45 bits per heavy atom. The molecule has 22 heavy (non-hydrogen) atoms. The molecule has 8 heteroatoms. The second-order valence-corrected chi connectivity index (χ2v) is 5.53. The third-order valence-electron chi connectivity index (χ3n) is 3.70. The first-order valence-corrected chi connectivity index (χ1v) is 6.84. The van der Waals surface area contributed by atoms with Gasteiger partial charge in [-0.15, -0.1) is 12.4 Å². The van der Waals surface area contributed by atoms with E-state index in [-0.39, 0.29) is 30.3 Å². The molecular formula is C14H19ClN2O5. The molecule has 1 atom stereocenters. The highest BCUT2D eigenvalue weighted by molar-refractivity contribution is 5.99. The molecule has 1 heterocycles. The van der Waals surface area contributed by atoms with E-state index in [0.717, 1.165) is 38.1 Å². The van der Waals surface area contributed by atoms with Crippen LogP contribution in [0.2, 0.25) is 0 Å². The van der Waals surface area contributed by atoms with Crippen molar-refractivity contribution in [3.05, 3.63) is 27.8 Å². The molecule has 1 unspecified atom stereocenters. The average molecular weight is 331 g/mol. The van der Waals surface area contributed by atoms with Crippen molar-refractivity contribution < 1.29 is 19.9 Å². The zero-order chi connectivity index (χ0) is 15.6. The number of aromatic hydroxyl groups is 2. The number of carbonyl (C=O) groups is 1. The Morgan fingerprint density at radius 2 is 2.14 bits per heavy atom. The SMILES string of the molecule is CC1CCCN(CC(=O)c2cc(O)c(O)c([N+](=O)[O-])c2)C1.Cl. The van der Waals surface area contributed by atoms with Gasteiger partial charge >= 0.3 is 5.69 Å². The van der Waals surface area contributed by atoms with Crippen LogP contribution >= 0.6 is 12.4 Å². The fraction of sp³-hybridized carbons (Fsp3) is 0.500. The summed E-state index contributed by atoms with van der Waals surface area (Å²) in [6, 6.07) is 2.07. The largest absolute Gasteiger partial charge is 0.504 e. The number of halogens is 1. The second-order valence-electron chi connectivity index (χ2n) is 5.53. The number of nitro benzene ring substituents is 1. The zero-order valence-corrected chi connectivity index (χ0v) is 13.0. The summed E-state index contributed by atoms with van der Waals surface area (Å²) < 4.78 is 0. The number of phenols is 2. The smallest absolute Gasteiger partial charge is 0.315 e. The van der Waals surface area contributed by atoms with Crippen molar-refractivity contribution in [2.24, 2.45) is 5.92 Å². The number of piperidine rings is 1. The molecule has 0 amide bonds. The monoisotopic (exact) mass is 330 g/mol. The minimum Gasteiger partial charge on any atom is -0.504 e. The second kappa shape index (κ2) is 7.42. The Labute approximate surface area is 134 Å². The highest BCUT2D eigenvalue weighted by atomic mass is 35.5. The Balaban J connectivity index is 0.00000242. The van der Waals surface area contributed by atoms with Crippen molar-refractivity contribution in [1.29, 1.82) is 0 Å². The highest BCUT2D eigenvalue weighted by Crippen LogP contribution is 2.36. The van der Waals surface area contributed by atoms with Gasteiger partial charge in [-0.05, 0) is 31.4 Å². The lowest BCUT2D eigenvalue weighted by Crippen LogP contribution is -2.37. The van der Waals surface area contributed by atoms with E-state index in [2.05, 4.69) is 6.92 Å². The molecule has 0 saturated carbocycles. The standard InChI is InChI=1S/C14H18N2O5.ClH/c1-9-3-2-4-15(7-9)8-13(18)10-5-11(16(20)21)14(19)12(17)6-10;/h5-6,9,17,19H,2-4,7-8H2,1H3;1H. The lowest BCUT2D eigenvalue weighted by Gasteiger charge is -2.30. The first-order chi connectivity index (χ1) is 9.88. The first-order valence-electron chi connectivity index (χ1n) is 6.84. The third-order valence-corrected chi connectivity index (χ3v) is 3.70. The quantitative estimate of drug-likeness (QED) is 0.380. The number of benzene rings is 1. The summed E-state index contributed by atoms with van der Waals surface area (Å²) in [5, 5.41) is 29.7. The van der Waals surface area contributed by atoms with E-state index in [1.807, 2.05) is 4.90 Å². The molecule has 1 aliphatic heterocycles. The summed E-state index contributed by atoms with van der Waals surface area (Å²) in [5.41, 5.74) is -0.624. The summed E-state index contributed by atoms with van der Waals surface area (Å²) in [6.07, 6.45) is 2.16. The molecule has 1 saturated heterocycles. The molecule has 0 radical (unpaired) electrons. The van der Waals surface area contributed by atoms with Crippen molar-refractivity contribution in [3.63, 3.8) is 0 Å². The molecule has 0 aliphatic carbocycles. The molecule has 1 aromatic rings. The summed E-state index contributed by atoms with van der Waals surface area (Å²) in [4.78, 5) is 24.2. The summed E-state index contributed by atoms with van der Waals surface area (Å²) in [6.45, 7) is 3.92. The lowest BCUT2D eigenvalue weighted by molar-refractivity contribution is -0.386. The minimum absolute atomic E-state index is 0. The van der Waals surface area contributed by atoms with Crippen molar-refractivity contribution in [3.8, 4) is 11.5 Å². The van der Waals surface area contributed by atoms with Crippen molar-refractivity contribution in [2.75, 3.05) is 19.6 Å². The van der Waals surface area contributed by atoms with Crippen molar-refractivity contribution in [1.82, 2.24) is 4.90 Å². The van der Waals surface area contributed by atoms with Crippen LogP contribution in [0, 0.1) is 16.0 Å². The predicted octanol–water partition coefficient (Wildman–Crippen LogP) is 2.34. The van der Waals surface area contributed by atoms with Crippen molar-refractivity contribution >= 4 is 23.9 Å². The summed E-state index contributed by atoms with van der Waals surface area (Å²) >= 11 is 0. The normalized spacial score (nSPS) is 18.5. The summed E-state index contributed by atoms with van der Waals surface area (Å²) in [7, 11) is 0. The maximum absolute atomic E-state index is 12.2. The fourth-order valence-corrected chi connectivity index (χ4v) is 2.63. The molecule has 0 spiro atoms. The number of nitrogens with zero attached hydrogens (tertiary/aromatic N) is 2. The van der Waals surface area contributed by atoms with Crippen LogP contribution in [0.5, 0.6) is 11.5 Å². The van der Waals surface area contributed by atoms with E-state index in [9.17, 15) is 25.1 Å². The number of nitro groups is 1. The Morgan fingerprint density at radius 3 is 2.73 bits per heavy atom. The molecule has 0 bridgehead atoms. The van der Waals surface area contributed by atoms with Crippen molar-refractivity contribution in [2.45, 2.75) is 19.8 Å². The number of phenolic OH excluding ortho intramolecular Hbond substituents is 2. The van der Waals surface area contributed by atoms with E-state index >= 15 is 0 Å². The topological polar surface area (TPSA) is 104 Å². The van der Waals surface area contributed by atoms with Gasteiger partial charge in [0.25, 0.3) is 0 Å². The van der Waals surface area contributed by atoms with E-state index in [4.69, 9.17) is 0 Å². The van der Waals surface area contributed by atoms with Gasteiger partial charge in [0, 0.05) is 18.2 Å². The number of likely N-dealkylation sites (tertiary alicyclic amines) is 1. The van der Waals surface area contributed by atoms with Gasteiger partial charge in [0.1, 0.15) is 0 Å². The molecule has 1 aliphatic rings. The Bertz CT molecular complexity index is 579. The minimum atomic E-state index is -0.825.